The molecule has 0 aliphatic carbocycles. The Bertz CT molecular complexity index is 368. The van der Waals surface area contributed by atoms with Gasteiger partial charge in [-0.15, -0.1) is 0 Å². The quantitative estimate of drug-likeness (QED) is 0.571. The number of carbonyl (C=O) groups excluding carboxylic acids is 3. The second-order valence-electron chi connectivity index (χ2n) is 6.55. The number of ether oxygens (including phenoxy) is 2. The summed E-state index contributed by atoms with van der Waals surface area (Å²) in [6.45, 7) is 8.53. The molecule has 0 N–H and O–H groups in total. The van der Waals surface area contributed by atoms with Crippen LogP contribution in [0.3, 0.4) is 0 Å². The maximum Gasteiger partial charge on any atom is 0.410 e. The first-order valence-electron chi connectivity index (χ1n) is 6.45. The van der Waals surface area contributed by atoms with Crippen molar-refractivity contribution in [1.29, 1.82) is 0 Å². The molecule has 0 aliphatic heterocycles. The SMILES string of the molecule is CN(C)C(=O)OC(C(=O)OC(C)(C)C)C(C)(C)CC=O. The van der Waals surface area contributed by atoms with Crippen molar-refractivity contribution >= 4 is 18.3 Å². The molecule has 0 aliphatic rings. The largest absolute Gasteiger partial charge is 0.457 e. The van der Waals surface area contributed by atoms with E-state index in [1.165, 1.54) is 19.0 Å². The summed E-state index contributed by atoms with van der Waals surface area (Å²) >= 11 is 0. The molecule has 0 spiro atoms. The molecule has 0 radical (unpaired) electrons. The van der Waals surface area contributed by atoms with Crippen molar-refractivity contribution in [1.82, 2.24) is 4.90 Å². The predicted octanol–water partition coefficient (Wildman–Crippen LogP) is 2.01. The number of carbonyl (C=O) groups is 3. The summed E-state index contributed by atoms with van der Waals surface area (Å²) in [5.41, 5.74) is -1.53. The molecule has 1 atom stereocenters. The number of nitrogens with zero attached hydrogens (tertiary/aromatic N) is 1. The number of aldehydes is 1. The molecule has 6 nitrogen and oxygen atoms in total. The van der Waals surface area contributed by atoms with E-state index in [4.69, 9.17) is 9.47 Å². The van der Waals surface area contributed by atoms with Gasteiger partial charge in [0.15, 0.2) is 0 Å². The Balaban J connectivity index is 5.20. The Hall–Kier alpha value is -1.59. The molecule has 0 aromatic carbocycles. The molecule has 0 fully saturated rings. The highest BCUT2D eigenvalue weighted by Crippen LogP contribution is 2.29. The first-order chi connectivity index (χ1) is 8.90. The van der Waals surface area contributed by atoms with E-state index in [0.717, 1.165) is 0 Å². The van der Waals surface area contributed by atoms with Crippen LogP contribution in [0.1, 0.15) is 41.0 Å². The van der Waals surface area contributed by atoms with E-state index in [0.29, 0.717) is 6.29 Å². The van der Waals surface area contributed by atoms with Gasteiger partial charge < -0.3 is 19.2 Å². The third-order valence-electron chi connectivity index (χ3n) is 2.52. The lowest BCUT2D eigenvalue weighted by Crippen LogP contribution is -2.45. The van der Waals surface area contributed by atoms with Gasteiger partial charge in [-0.25, -0.2) is 9.59 Å². The van der Waals surface area contributed by atoms with Crippen LogP contribution < -0.4 is 0 Å². The van der Waals surface area contributed by atoms with E-state index in [1.807, 2.05) is 0 Å². The molecule has 0 heterocycles. The van der Waals surface area contributed by atoms with Gasteiger partial charge in [-0.3, -0.25) is 0 Å². The Labute approximate surface area is 120 Å². The second-order valence-corrected chi connectivity index (χ2v) is 6.55. The van der Waals surface area contributed by atoms with Crippen molar-refractivity contribution in [3.63, 3.8) is 0 Å². The average Bonchev–Trinajstić information content (AvgIpc) is 2.22. The summed E-state index contributed by atoms with van der Waals surface area (Å²) in [7, 11) is 3.03. The summed E-state index contributed by atoms with van der Waals surface area (Å²) in [5, 5.41) is 0. The second kappa shape index (κ2) is 6.72. The third-order valence-corrected chi connectivity index (χ3v) is 2.52. The van der Waals surface area contributed by atoms with Gasteiger partial charge in [-0.2, -0.15) is 0 Å². The topological polar surface area (TPSA) is 72.9 Å². The zero-order chi connectivity index (χ0) is 16.1. The molecule has 0 bridgehead atoms. The highest BCUT2D eigenvalue weighted by Gasteiger charge is 2.41. The molecule has 20 heavy (non-hydrogen) atoms. The number of rotatable bonds is 5. The Kier molecular flexibility index (Phi) is 6.19. The molecule has 6 heteroatoms. The first-order valence-corrected chi connectivity index (χ1v) is 6.45. The van der Waals surface area contributed by atoms with Gasteiger partial charge in [-0.1, -0.05) is 13.8 Å². The van der Waals surface area contributed by atoms with Gasteiger partial charge in [-0.05, 0) is 20.8 Å². The lowest BCUT2D eigenvalue weighted by atomic mass is 9.83. The van der Waals surface area contributed by atoms with Crippen LogP contribution in [0.25, 0.3) is 0 Å². The van der Waals surface area contributed by atoms with Gasteiger partial charge >= 0.3 is 12.1 Å². The van der Waals surface area contributed by atoms with E-state index in [2.05, 4.69) is 0 Å². The summed E-state index contributed by atoms with van der Waals surface area (Å²) < 4.78 is 10.5. The van der Waals surface area contributed by atoms with E-state index in [9.17, 15) is 14.4 Å². The number of amides is 1. The summed E-state index contributed by atoms with van der Waals surface area (Å²) in [5.74, 6) is -0.653. The lowest BCUT2D eigenvalue weighted by Gasteiger charge is -2.33. The van der Waals surface area contributed by atoms with Gasteiger partial charge in [0, 0.05) is 25.9 Å². The van der Waals surface area contributed by atoms with Crippen LogP contribution in [0.2, 0.25) is 0 Å². The molecule has 0 saturated carbocycles. The van der Waals surface area contributed by atoms with Gasteiger partial charge in [0.1, 0.15) is 11.9 Å². The number of hydrogen-bond acceptors (Lipinski definition) is 5. The van der Waals surface area contributed by atoms with E-state index < -0.39 is 29.2 Å². The standard InChI is InChI=1S/C14H25NO5/c1-13(2,3)20-11(17)10(14(4,5)8-9-16)19-12(18)15(6)7/h9-10H,8H2,1-7H3. The molecule has 1 unspecified atom stereocenters. The van der Waals surface area contributed by atoms with E-state index >= 15 is 0 Å². The average molecular weight is 287 g/mol. The molecular formula is C14H25NO5. The van der Waals surface area contributed by atoms with Crippen molar-refractivity contribution in [3.8, 4) is 0 Å². The van der Waals surface area contributed by atoms with Crippen LogP contribution >= 0.6 is 0 Å². The van der Waals surface area contributed by atoms with Crippen molar-refractivity contribution in [2.45, 2.75) is 52.7 Å². The van der Waals surface area contributed by atoms with Crippen molar-refractivity contribution in [3.05, 3.63) is 0 Å². The Morgan fingerprint density at radius 1 is 1.15 bits per heavy atom. The van der Waals surface area contributed by atoms with Gasteiger partial charge in [0.05, 0.1) is 0 Å². The third kappa shape index (κ3) is 6.04. The zero-order valence-electron chi connectivity index (χ0n) is 13.4. The Morgan fingerprint density at radius 2 is 1.65 bits per heavy atom. The summed E-state index contributed by atoms with van der Waals surface area (Å²) in [4.78, 5) is 35.9. The molecule has 116 valence electrons. The van der Waals surface area contributed by atoms with E-state index in [1.54, 1.807) is 34.6 Å². The van der Waals surface area contributed by atoms with Crippen LogP contribution in [-0.4, -0.2) is 49.0 Å². The van der Waals surface area contributed by atoms with Gasteiger partial charge in [0.25, 0.3) is 0 Å². The summed E-state index contributed by atoms with van der Waals surface area (Å²) in [6, 6.07) is 0. The smallest absolute Gasteiger partial charge is 0.410 e. The molecular weight excluding hydrogens is 262 g/mol. The summed E-state index contributed by atoms with van der Waals surface area (Å²) in [6.07, 6.45) is -1.01. The van der Waals surface area contributed by atoms with Crippen LogP contribution in [0, 0.1) is 5.41 Å². The fraction of sp³-hybridized carbons (Fsp3) is 0.786. The highest BCUT2D eigenvalue weighted by atomic mass is 16.6. The highest BCUT2D eigenvalue weighted by molar-refractivity contribution is 5.80. The molecule has 0 saturated heterocycles. The minimum absolute atomic E-state index is 0.0810. The molecule has 0 aromatic rings. The van der Waals surface area contributed by atoms with Crippen LogP contribution in [0.15, 0.2) is 0 Å². The molecule has 1 amide bonds. The fourth-order valence-corrected chi connectivity index (χ4v) is 1.41. The number of hydrogen-bond donors (Lipinski definition) is 0. The molecule has 0 aromatic heterocycles. The Morgan fingerprint density at radius 3 is 2.00 bits per heavy atom. The van der Waals surface area contributed by atoms with Crippen molar-refractivity contribution < 1.29 is 23.9 Å². The zero-order valence-corrected chi connectivity index (χ0v) is 13.4. The minimum atomic E-state index is -1.14. The first kappa shape index (κ1) is 18.4. The monoisotopic (exact) mass is 287 g/mol. The maximum absolute atomic E-state index is 12.2. The van der Waals surface area contributed by atoms with Crippen molar-refractivity contribution in [2.24, 2.45) is 5.41 Å². The molecule has 0 rings (SSSR count). The fourth-order valence-electron chi connectivity index (χ4n) is 1.41. The predicted molar refractivity (Wildman–Crippen MR) is 74.3 cm³/mol. The number of esters is 1. The minimum Gasteiger partial charge on any atom is -0.457 e. The van der Waals surface area contributed by atoms with Crippen LogP contribution in [-0.2, 0) is 19.1 Å². The maximum atomic E-state index is 12.2. The van der Waals surface area contributed by atoms with Gasteiger partial charge in [0.2, 0.25) is 6.10 Å². The van der Waals surface area contributed by atoms with Crippen LogP contribution in [0.5, 0.6) is 0 Å². The van der Waals surface area contributed by atoms with Crippen molar-refractivity contribution in [2.75, 3.05) is 14.1 Å². The van der Waals surface area contributed by atoms with Crippen LogP contribution in [0.4, 0.5) is 4.79 Å². The van der Waals surface area contributed by atoms with E-state index in [-0.39, 0.29) is 6.42 Å². The lowest BCUT2D eigenvalue weighted by molar-refractivity contribution is -0.172. The normalized spacial score (nSPS) is 13.3.